The van der Waals surface area contributed by atoms with E-state index in [1.54, 1.807) is 25.4 Å². The molecule has 0 saturated carbocycles. The van der Waals surface area contributed by atoms with Crippen molar-refractivity contribution in [2.45, 2.75) is 31.3 Å². The number of rotatable bonds is 3. The van der Waals surface area contributed by atoms with E-state index in [9.17, 15) is 9.18 Å². The van der Waals surface area contributed by atoms with Crippen molar-refractivity contribution in [3.63, 3.8) is 0 Å². The molecular formula is C21H19FN4O3. The van der Waals surface area contributed by atoms with Crippen molar-refractivity contribution in [1.82, 2.24) is 14.9 Å². The number of anilines is 1. The van der Waals surface area contributed by atoms with Gasteiger partial charge in [-0.05, 0) is 43.0 Å². The van der Waals surface area contributed by atoms with Crippen LogP contribution in [0.2, 0.25) is 0 Å². The highest BCUT2D eigenvalue weighted by molar-refractivity contribution is 5.91. The number of nitrogens with one attached hydrogen (secondary N) is 1. The average Bonchev–Trinajstić information content (AvgIpc) is 3.36. The zero-order valence-electron chi connectivity index (χ0n) is 15.8. The largest absolute Gasteiger partial charge is 0.496 e. The first kappa shape index (κ1) is 17.7. The van der Waals surface area contributed by atoms with E-state index in [0.717, 1.165) is 24.0 Å². The SMILES string of the molecule is COc1cc(NC(=O)N2[C@@H]3CC[C@H]2c2ccnc(F)c2C3)ccc1-c1cnco1. The fourth-order valence-electron chi connectivity index (χ4n) is 4.44. The molecule has 2 atom stereocenters. The van der Waals surface area contributed by atoms with Crippen LogP contribution in [0.5, 0.6) is 5.75 Å². The molecule has 8 heteroatoms. The summed E-state index contributed by atoms with van der Waals surface area (Å²) in [6, 6.07) is 6.82. The molecule has 3 aromatic rings. The molecule has 1 fully saturated rings. The molecule has 148 valence electrons. The van der Waals surface area contributed by atoms with Crippen LogP contribution in [-0.2, 0) is 6.42 Å². The van der Waals surface area contributed by atoms with Gasteiger partial charge in [0.1, 0.15) is 5.75 Å². The van der Waals surface area contributed by atoms with Gasteiger partial charge in [-0.3, -0.25) is 0 Å². The number of amides is 2. The van der Waals surface area contributed by atoms with Gasteiger partial charge in [0, 0.05) is 29.6 Å². The summed E-state index contributed by atoms with van der Waals surface area (Å²) in [5.41, 5.74) is 2.86. The van der Waals surface area contributed by atoms with Crippen molar-refractivity contribution in [3.8, 4) is 17.1 Å². The molecule has 1 N–H and O–H groups in total. The molecule has 2 aliphatic rings. The maximum atomic E-state index is 14.1. The maximum Gasteiger partial charge on any atom is 0.322 e. The molecule has 4 heterocycles. The molecule has 1 saturated heterocycles. The third-order valence-electron chi connectivity index (χ3n) is 5.73. The van der Waals surface area contributed by atoms with Crippen LogP contribution in [-0.4, -0.2) is 34.1 Å². The van der Waals surface area contributed by atoms with Gasteiger partial charge in [0.2, 0.25) is 5.95 Å². The number of fused-ring (bicyclic) bond motifs is 4. The summed E-state index contributed by atoms with van der Waals surface area (Å²) in [5, 5.41) is 2.96. The lowest BCUT2D eigenvalue weighted by molar-refractivity contribution is 0.178. The Morgan fingerprint density at radius 3 is 3.03 bits per heavy atom. The smallest absolute Gasteiger partial charge is 0.322 e. The monoisotopic (exact) mass is 394 g/mol. The highest BCUT2D eigenvalue weighted by Gasteiger charge is 2.43. The quantitative estimate of drug-likeness (QED) is 0.674. The van der Waals surface area contributed by atoms with Gasteiger partial charge in [-0.2, -0.15) is 4.39 Å². The number of oxazole rings is 1. The van der Waals surface area contributed by atoms with Crippen molar-refractivity contribution in [3.05, 3.63) is 60.1 Å². The van der Waals surface area contributed by atoms with Crippen LogP contribution in [0.1, 0.15) is 30.0 Å². The normalized spacial score (nSPS) is 19.7. The lowest BCUT2D eigenvalue weighted by Gasteiger charge is -2.36. The number of halogens is 1. The Bertz CT molecular complexity index is 1070. The van der Waals surface area contributed by atoms with E-state index in [4.69, 9.17) is 9.15 Å². The van der Waals surface area contributed by atoms with Crippen LogP contribution in [0, 0.1) is 5.95 Å². The van der Waals surface area contributed by atoms with Crippen molar-refractivity contribution in [1.29, 1.82) is 0 Å². The van der Waals surface area contributed by atoms with Crippen LogP contribution in [0.15, 0.2) is 47.5 Å². The summed E-state index contributed by atoms with van der Waals surface area (Å²) in [6.07, 6.45) is 6.59. The van der Waals surface area contributed by atoms with Gasteiger partial charge in [-0.25, -0.2) is 14.8 Å². The van der Waals surface area contributed by atoms with Crippen LogP contribution < -0.4 is 10.1 Å². The van der Waals surface area contributed by atoms with Gasteiger partial charge in [-0.1, -0.05) is 0 Å². The topological polar surface area (TPSA) is 80.5 Å². The molecule has 1 aromatic carbocycles. The Kier molecular flexibility index (Phi) is 4.19. The maximum absolute atomic E-state index is 14.1. The fraction of sp³-hybridized carbons (Fsp3) is 0.286. The van der Waals surface area contributed by atoms with Crippen LogP contribution in [0.25, 0.3) is 11.3 Å². The Hall–Kier alpha value is -3.42. The number of ether oxygens (including phenoxy) is 1. The van der Waals surface area contributed by atoms with E-state index in [2.05, 4.69) is 15.3 Å². The summed E-state index contributed by atoms with van der Waals surface area (Å²) in [7, 11) is 1.56. The minimum atomic E-state index is -0.424. The number of carbonyl (C=O) groups excluding carboxylic acids is 1. The van der Waals surface area contributed by atoms with Gasteiger partial charge in [0.15, 0.2) is 12.2 Å². The molecular weight excluding hydrogens is 375 g/mol. The Balaban J connectivity index is 1.40. The van der Waals surface area contributed by atoms with E-state index >= 15 is 0 Å². The van der Waals surface area contributed by atoms with Gasteiger partial charge in [0.05, 0.1) is 24.9 Å². The Morgan fingerprint density at radius 1 is 1.34 bits per heavy atom. The highest BCUT2D eigenvalue weighted by Crippen LogP contribution is 2.44. The molecule has 2 bridgehead atoms. The highest BCUT2D eigenvalue weighted by atomic mass is 19.1. The lowest BCUT2D eigenvalue weighted by Crippen LogP contribution is -2.44. The summed E-state index contributed by atoms with van der Waals surface area (Å²) in [4.78, 5) is 22.6. The number of urea groups is 1. The molecule has 2 aliphatic heterocycles. The number of nitrogens with zero attached hydrogens (tertiary/aromatic N) is 3. The second-order valence-electron chi connectivity index (χ2n) is 7.24. The first-order valence-electron chi connectivity index (χ1n) is 9.45. The van der Waals surface area contributed by atoms with Crippen LogP contribution in [0.4, 0.5) is 14.9 Å². The van der Waals surface area contributed by atoms with Crippen molar-refractivity contribution in [2.24, 2.45) is 0 Å². The minimum absolute atomic E-state index is 0.0263. The predicted octanol–water partition coefficient (Wildman–Crippen LogP) is 4.18. The van der Waals surface area contributed by atoms with Crippen molar-refractivity contribution >= 4 is 11.7 Å². The molecule has 5 rings (SSSR count). The van der Waals surface area contributed by atoms with E-state index in [1.807, 2.05) is 17.0 Å². The number of hydrogen-bond acceptors (Lipinski definition) is 5. The van der Waals surface area contributed by atoms with Crippen molar-refractivity contribution < 1.29 is 18.3 Å². The van der Waals surface area contributed by atoms with E-state index in [0.29, 0.717) is 29.2 Å². The second-order valence-corrected chi connectivity index (χ2v) is 7.24. The molecule has 29 heavy (non-hydrogen) atoms. The molecule has 7 nitrogen and oxygen atoms in total. The summed E-state index contributed by atoms with van der Waals surface area (Å²) in [5.74, 6) is 0.730. The first-order chi connectivity index (χ1) is 14.2. The number of aromatic nitrogens is 2. The third kappa shape index (κ3) is 2.91. The molecule has 0 aliphatic carbocycles. The van der Waals surface area contributed by atoms with Gasteiger partial charge >= 0.3 is 6.03 Å². The van der Waals surface area contributed by atoms with Gasteiger partial charge in [-0.15, -0.1) is 0 Å². The van der Waals surface area contributed by atoms with E-state index < -0.39 is 5.95 Å². The first-order valence-corrected chi connectivity index (χ1v) is 9.45. The van der Waals surface area contributed by atoms with Gasteiger partial charge < -0.3 is 19.4 Å². The summed E-state index contributed by atoms with van der Waals surface area (Å²) in [6.45, 7) is 0. The molecule has 0 radical (unpaired) electrons. The number of hydrogen-bond donors (Lipinski definition) is 1. The predicted molar refractivity (Wildman–Crippen MR) is 103 cm³/mol. The van der Waals surface area contributed by atoms with E-state index in [-0.39, 0.29) is 18.1 Å². The standard InChI is InChI=1S/C21H19FN4O3/c1-28-18-8-12(2-4-15(18)19-10-23-11-29-19)25-21(27)26-13-3-5-17(26)14-6-7-24-20(22)16(14)9-13/h2,4,6-8,10-11,13,17H,3,5,9H2,1H3,(H,25,27)/t13-,17+/m1/s1. The van der Waals surface area contributed by atoms with Crippen LogP contribution in [0.3, 0.4) is 0 Å². The number of benzene rings is 1. The van der Waals surface area contributed by atoms with Crippen LogP contribution >= 0.6 is 0 Å². The molecule has 0 spiro atoms. The summed E-state index contributed by atoms with van der Waals surface area (Å²) < 4.78 is 24.9. The molecule has 2 amide bonds. The zero-order valence-corrected chi connectivity index (χ0v) is 15.8. The molecule has 0 unspecified atom stereocenters. The number of carbonyl (C=O) groups is 1. The fourth-order valence-corrected chi connectivity index (χ4v) is 4.44. The molecule has 2 aromatic heterocycles. The number of methoxy groups -OCH3 is 1. The minimum Gasteiger partial charge on any atom is -0.496 e. The third-order valence-corrected chi connectivity index (χ3v) is 5.73. The van der Waals surface area contributed by atoms with Gasteiger partial charge in [0.25, 0.3) is 0 Å². The van der Waals surface area contributed by atoms with Crippen molar-refractivity contribution in [2.75, 3.05) is 12.4 Å². The Morgan fingerprint density at radius 2 is 2.24 bits per heavy atom. The summed E-state index contributed by atoms with van der Waals surface area (Å²) >= 11 is 0. The lowest BCUT2D eigenvalue weighted by atomic mass is 9.95. The van der Waals surface area contributed by atoms with E-state index in [1.165, 1.54) is 12.6 Å². The Labute approximate surface area is 166 Å². The number of pyridine rings is 1. The zero-order chi connectivity index (χ0) is 20.0. The average molecular weight is 394 g/mol. The second kappa shape index (κ2) is 6.88.